The molecule has 1 nitrogen and oxygen atoms in total. The number of rotatable bonds is 1. The van der Waals surface area contributed by atoms with Crippen molar-refractivity contribution in [3.63, 3.8) is 0 Å². The lowest BCUT2D eigenvalue weighted by atomic mass is 10.5. The Hall–Kier alpha value is -0.238. The van der Waals surface area contributed by atoms with Crippen LogP contribution in [-0.4, -0.2) is 17.4 Å². The summed E-state index contributed by atoms with van der Waals surface area (Å²) < 4.78 is 0. The van der Waals surface area contributed by atoms with Gasteiger partial charge in [0.05, 0.1) is 12.5 Å². The van der Waals surface area contributed by atoms with Crippen molar-refractivity contribution in [3.05, 3.63) is 12.7 Å². The zero-order chi connectivity index (χ0) is 4.12. The average molecular weight is 97.1 g/mol. The van der Waals surface area contributed by atoms with Gasteiger partial charge in [0, 0.05) is 0 Å². The summed E-state index contributed by atoms with van der Waals surface area (Å²) in [6, 6.07) is 1.90. The molecule has 0 rings (SSSR count). The Bertz CT molecular complexity index is 62.4. The molecule has 0 amide bonds. The van der Waals surface area contributed by atoms with Gasteiger partial charge in [-0.05, 0) is 0 Å². The quantitative estimate of drug-likeness (QED) is 0.331. The van der Waals surface area contributed by atoms with Crippen molar-refractivity contribution in [2.75, 3.05) is 0 Å². The second-order valence-corrected chi connectivity index (χ2v) is 0.651. The van der Waals surface area contributed by atoms with Crippen molar-refractivity contribution >= 4 is 17.4 Å². The van der Waals surface area contributed by atoms with E-state index in [-0.39, 0.29) is 17.4 Å². The minimum atomic E-state index is 0. The molecule has 0 aliphatic carbocycles. The van der Waals surface area contributed by atoms with Gasteiger partial charge in [0.2, 0.25) is 0 Å². The van der Waals surface area contributed by atoms with Gasteiger partial charge >= 0.3 is 0 Å². The first-order valence-corrected chi connectivity index (χ1v) is 1.39. The number of hydrogen-bond acceptors (Lipinski definition) is 1. The van der Waals surface area contributed by atoms with Crippen molar-refractivity contribution in [3.8, 4) is 6.07 Å². The zero-order valence-electron chi connectivity index (χ0n) is 2.94. The Morgan fingerprint density at radius 3 is 2.33 bits per heavy atom. The van der Waals surface area contributed by atoms with Crippen LogP contribution < -0.4 is 0 Å². The van der Waals surface area contributed by atoms with Crippen LogP contribution in [0.4, 0.5) is 0 Å². The fourth-order valence-corrected chi connectivity index (χ4v) is 0.0645. The Balaban J connectivity index is 0. The summed E-state index contributed by atoms with van der Waals surface area (Å²) in [5.41, 5.74) is 0. The third kappa shape index (κ3) is 9.24. The number of nitrogens with zero attached hydrogens (tertiary/aromatic N) is 1. The van der Waals surface area contributed by atoms with Crippen molar-refractivity contribution in [2.24, 2.45) is 0 Å². The first-order chi connectivity index (χ1) is 2.41. The van der Waals surface area contributed by atoms with Crippen LogP contribution >= 0.6 is 0 Å². The molecule has 0 spiro atoms. The lowest BCUT2D eigenvalue weighted by Gasteiger charge is -1.55. The molecular formula is C4H8AlN. The van der Waals surface area contributed by atoms with Crippen molar-refractivity contribution in [2.45, 2.75) is 6.42 Å². The maximum atomic E-state index is 7.74. The standard InChI is InChI=1S/C4H5N.Al.3H/c1-2-3-4-5;;;;/h2H,1,3H2;;;;. The Labute approximate surface area is 48.4 Å². The second-order valence-electron chi connectivity index (χ2n) is 0.651. The van der Waals surface area contributed by atoms with Crippen LogP contribution in [0.15, 0.2) is 12.7 Å². The molecule has 0 heterocycles. The molecule has 0 bridgehead atoms. The molecule has 0 saturated carbocycles. The van der Waals surface area contributed by atoms with E-state index in [1.807, 2.05) is 6.07 Å². The fraction of sp³-hybridized carbons (Fsp3) is 0.250. The largest absolute Gasteiger partial charge is 0.198 e. The number of allylic oxidation sites excluding steroid dienone is 1. The van der Waals surface area contributed by atoms with Gasteiger partial charge in [-0.1, -0.05) is 6.08 Å². The third-order valence-corrected chi connectivity index (χ3v) is 0.236. The van der Waals surface area contributed by atoms with Crippen LogP contribution in [0.5, 0.6) is 0 Å². The number of nitriles is 1. The molecule has 0 atom stereocenters. The van der Waals surface area contributed by atoms with Gasteiger partial charge in [0.15, 0.2) is 17.4 Å². The van der Waals surface area contributed by atoms with Crippen LogP contribution in [0.2, 0.25) is 0 Å². The fourth-order valence-electron chi connectivity index (χ4n) is 0.0645. The van der Waals surface area contributed by atoms with Gasteiger partial charge in [-0.25, -0.2) is 0 Å². The van der Waals surface area contributed by atoms with E-state index in [1.165, 1.54) is 0 Å². The molecule has 32 valence electrons. The van der Waals surface area contributed by atoms with E-state index >= 15 is 0 Å². The van der Waals surface area contributed by atoms with E-state index in [1.54, 1.807) is 6.08 Å². The van der Waals surface area contributed by atoms with Crippen LogP contribution in [0.1, 0.15) is 6.42 Å². The highest BCUT2D eigenvalue weighted by molar-refractivity contribution is 5.75. The highest BCUT2D eigenvalue weighted by Crippen LogP contribution is 1.67. The van der Waals surface area contributed by atoms with Crippen LogP contribution in [0.25, 0.3) is 0 Å². The minimum Gasteiger partial charge on any atom is -0.198 e. The Morgan fingerprint density at radius 2 is 2.33 bits per heavy atom. The average Bonchev–Trinajstić information content (AvgIpc) is 1.41. The summed E-state index contributed by atoms with van der Waals surface area (Å²) in [5.74, 6) is 0. The van der Waals surface area contributed by atoms with Gasteiger partial charge in [-0.2, -0.15) is 5.26 Å². The summed E-state index contributed by atoms with van der Waals surface area (Å²) in [6.07, 6.45) is 2.03. The summed E-state index contributed by atoms with van der Waals surface area (Å²) >= 11 is 0. The van der Waals surface area contributed by atoms with Gasteiger partial charge in [-0.3, -0.25) is 0 Å². The summed E-state index contributed by atoms with van der Waals surface area (Å²) in [7, 11) is 0. The lowest BCUT2D eigenvalue weighted by Crippen LogP contribution is -1.45. The zero-order valence-corrected chi connectivity index (χ0v) is 2.94. The summed E-state index contributed by atoms with van der Waals surface area (Å²) in [6.45, 7) is 3.33. The van der Waals surface area contributed by atoms with Crippen molar-refractivity contribution in [1.82, 2.24) is 0 Å². The van der Waals surface area contributed by atoms with Gasteiger partial charge in [0.25, 0.3) is 0 Å². The maximum Gasteiger partial charge on any atom is 0.187 e. The molecule has 0 aliphatic heterocycles. The molecule has 0 aromatic carbocycles. The van der Waals surface area contributed by atoms with Crippen LogP contribution in [0.3, 0.4) is 0 Å². The van der Waals surface area contributed by atoms with Crippen molar-refractivity contribution in [1.29, 1.82) is 5.26 Å². The van der Waals surface area contributed by atoms with E-state index in [0.29, 0.717) is 6.42 Å². The van der Waals surface area contributed by atoms with E-state index in [0.717, 1.165) is 0 Å². The summed E-state index contributed by atoms with van der Waals surface area (Å²) in [5, 5.41) is 7.74. The predicted molar refractivity (Wildman–Crippen MR) is 30.4 cm³/mol. The summed E-state index contributed by atoms with van der Waals surface area (Å²) in [4.78, 5) is 0. The molecule has 0 N–H and O–H groups in total. The van der Waals surface area contributed by atoms with Crippen molar-refractivity contribution < 1.29 is 0 Å². The van der Waals surface area contributed by atoms with Gasteiger partial charge < -0.3 is 0 Å². The molecule has 0 aromatic heterocycles. The maximum absolute atomic E-state index is 7.74. The lowest BCUT2D eigenvalue weighted by molar-refractivity contribution is 1.36. The SMILES string of the molecule is C=CCC#N.[AlH3]. The topological polar surface area (TPSA) is 23.8 Å². The van der Waals surface area contributed by atoms with E-state index < -0.39 is 0 Å². The van der Waals surface area contributed by atoms with E-state index in [2.05, 4.69) is 6.58 Å². The van der Waals surface area contributed by atoms with Crippen LogP contribution in [0, 0.1) is 11.3 Å². The monoisotopic (exact) mass is 97.0 g/mol. The Kier molecular flexibility index (Phi) is 13.6. The second kappa shape index (κ2) is 8.83. The molecule has 0 saturated heterocycles. The molecule has 0 aliphatic rings. The first-order valence-electron chi connectivity index (χ1n) is 1.39. The van der Waals surface area contributed by atoms with Gasteiger partial charge in [0.1, 0.15) is 0 Å². The molecule has 6 heavy (non-hydrogen) atoms. The van der Waals surface area contributed by atoms with E-state index in [9.17, 15) is 0 Å². The van der Waals surface area contributed by atoms with Gasteiger partial charge in [-0.15, -0.1) is 6.58 Å². The van der Waals surface area contributed by atoms with E-state index in [4.69, 9.17) is 5.26 Å². The Morgan fingerprint density at radius 1 is 1.83 bits per heavy atom. The first kappa shape index (κ1) is 9.23. The minimum absolute atomic E-state index is 0. The van der Waals surface area contributed by atoms with Crippen LogP contribution in [-0.2, 0) is 0 Å². The smallest absolute Gasteiger partial charge is 0.187 e. The molecule has 0 radical (unpaired) electrons. The normalized spacial score (nSPS) is 4.50. The number of hydrogen-bond donors (Lipinski definition) is 0. The molecular weight excluding hydrogens is 89.0 g/mol. The predicted octanol–water partition coefficient (Wildman–Crippen LogP) is -0.0978. The molecule has 2 heteroatoms. The highest BCUT2D eigenvalue weighted by atomic mass is 27.0. The third-order valence-electron chi connectivity index (χ3n) is 0.236. The molecule has 0 aromatic rings. The molecule has 0 unspecified atom stereocenters. The highest BCUT2D eigenvalue weighted by Gasteiger charge is 1.56. The molecule has 0 fully saturated rings.